The molecule has 0 bridgehead atoms. The van der Waals surface area contributed by atoms with Gasteiger partial charge < -0.3 is 4.90 Å². The molecule has 0 spiro atoms. The molecule has 4 nitrogen and oxygen atoms in total. The number of hydrogen-bond donors (Lipinski definition) is 0. The van der Waals surface area contributed by atoms with Crippen molar-refractivity contribution < 1.29 is 0 Å². The molecule has 0 aromatic carbocycles. The maximum atomic E-state index is 4.84. The summed E-state index contributed by atoms with van der Waals surface area (Å²) in [4.78, 5) is 11.6. The van der Waals surface area contributed by atoms with Crippen LogP contribution >= 0.6 is 0 Å². The number of amidine groups is 1. The third-order valence-corrected chi connectivity index (χ3v) is 3.00. The first kappa shape index (κ1) is 13.5. The number of rotatable bonds is 4. The minimum atomic E-state index is 0.244. The van der Waals surface area contributed by atoms with E-state index >= 15 is 0 Å². The molecule has 2 atom stereocenters. The zero-order valence-corrected chi connectivity index (χ0v) is 11.7. The standard InChI is InChI=1S/C12H26N4/c1-9(2)8-10-13-11(14(3)4)12(15(5)6)16(10)7/h9,11-12H,8H2,1-7H3/t11-,12+/m0/s1. The van der Waals surface area contributed by atoms with Crippen LogP contribution < -0.4 is 0 Å². The summed E-state index contributed by atoms with van der Waals surface area (Å²) in [6.45, 7) is 4.48. The Morgan fingerprint density at radius 2 is 1.75 bits per heavy atom. The van der Waals surface area contributed by atoms with Gasteiger partial charge >= 0.3 is 0 Å². The maximum absolute atomic E-state index is 4.84. The van der Waals surface area contributed by atoms with Gasteiger partial charge in [-0.25, -0.2) is 4.99 Å². The van der Waals surface area contributed by atoms with Crippen LogP contribution in [0.25, 0.3) is 0 Å². The van der Waals surface area contributed by atoms with Gasteiger partial charge in [0.1, 0.15) is 18.2 Å². The summed E-state index contributed by atoms with van der Waals surface area (Å²) in [5, 5.41) is 0. The molecule has 0 aromatic heterocycles. The number of hydrogen-bond acceptors (Lipinski definition) is 4. The lowest BCUT2D eigenvalue weighted by molar-refractivity contribution is 0.0948. The zero-order valence-electron chi connectivity index (χ0n) is 11.7. The summed E-state index contributed by atoms with van der Waals surface area (Å²) in [5.74, 6) is 1.89. The van der Waals surface area contributed by atoms with Gasteiger partial charge in [0.05, 0.1) is 0 Å². The second kappa shape index (κ2) is 5.15. The molecule has 0 aromatic rings. The van der Waals surface area contributed by atoms with E-state index in [4.69, 9.17) is 4.99 Å². The molecule has 1 aliphatic heterocycles. The third kappa shape index (κ3) is 2.74. The fourth-order valence-corrected chi connectivity index (χ4v) is 2.22. The van der Waals surface area contributed by atoms with Crippen LogP contribution in [0.5, 0.6) is 0 Å². The molecule has 0 saturated heterocycles. The maximum Gasteiger partial charge on any atom is 0.138 e. The molecule has 94 valence electrons. The topological polar surface area (TPSA) is 22.1 Å². The summed E-state index contributed by atoms with van der Waals surface area (Å²) in [5.41, 5.74) is 0. The van der Waals surface area contributed by atoms with E-state index in [0.29, 0.717) is 12.1 Å². The summed E-state index contributed by atoms with van der Waals surface area (Å²) in [6, 6.07) is 0. The van der Waals surface area contributed by atoms with Crippen molar-refractivity contribution in [2.24, 2.45) is 10.9 Å². The van der Waals surface area contributed by atoms with Crippen molar-refractivity contribution in [2.45, 2.75) is 32.6 Å². The average Bonchev–Trinajstić information content (AvgIpc) is 2.43. The van der Waals surface area contributed by atoms with E-state index in [1.54, 1.807) is 0 Å². The van der Waals surface area contributed by atoms with Gasteiger partial charge in [0.2, 0.25) is 0 Å². The van der Waals surface area contributed by atoms with Gasteiger partial charge in [0, 0.05) is 13.5 Å². The highest BCUT2D eigenvalue weighted by atomic mass is 15.5. The molecule has 0 saturated carbocycles. The normalized spacial score (nSPS) is 26.1. The smallest absolute Gasteiger partial charge is 0.138 e. The van der Waals surface area contributed by atoms with Gasteiger partial charge in [-0.2, -0.15) is 0 Å². The quantitative estimate of drug-likeness (QED) is 0.718. The predicted molar refractivity (Wildman–Crippen MR) is 69.6 cm³/mol. The van der Waals surface area contributed by atoms with E-state index in [0.717, 1.165) is 6.42 Å². The summed E-state index contributed by atoms with van der Waals surface area (Å²) >= 11 is 0. The third-order valence-electron chi connectivity index (χ3n) is 3.00. The van der Waals surface area contributed by atoms with E-state index in [2.05, 4.69) is 63.8 Å². The Kier molecular flexibility index (Phi) is 4.33. The Hall–Kier alpha value is -0.610. The van der Waals surface area contributed by atoms with Gasteiger partial charge in [-0.3, -0.25) is 9.80 Å². The first-order valence-corrected chi connectivity index (χ1v) is 5.97. The highest BCUT2D eigenvalue weighted by Gasteiger charge is 2.36. The SMILES string of the molecule is CC(C)CC1=N[C@@H](N(C)C)[C@H](N(C)C)N1C. The highest BCUT2D eigenvalue weighted by Crippen LogP contribution is 2.22. The van der Waals surface area contributed by atoms with Crippen LogP contribution in [0.4, 0.5) is 0 Å². The lowest BCUT2D eigenvalue weighted by Crippen LogP contribution is -2.51. The van der Waals surface area contributed by atoms with Crippen LogP contribution in [0.2, 0.25) is 0 Å². The first-order valence-electron chi connectivity index (χ1n) is 5.97. The zero-order chi connectivity index (χ0) is 12.5. The predicted octanol–water partition coefficient (Wildman–Crippen LogP) is 1.15. The molecular weight excluding hydrogens is 200 g/mol. The molecule has 0 unspecified atom stereocenters. The Morgan fingerprint density at radius 3 is 2.06 bits per heavy atom. The lowest BCUT2D eigenvalue weighted by atomic mass is 10.1. The molecule has 0 fully saturated rings. The number of nitrogens with zero attached hydrogens (tertiary/aromatic N) is 4. The van der Waals surface area contributed by atoms with E-state index in [9.17, 15) is 0 Å². The molecule has 4 heteroatoms. The summed E-state index contributed by atoms with van der Waals surface area (Å²) < 4.78 is 0. The Morgan fingerprint density at radius 1 is 1.19 bits per heavy atom. The van der Waals surface area contributed by atoms with Crippen molar-refractivity contribution in [3.05, 3.63) is 0 Å². The van der Waals surface area contributed by atoms with Gasteiger partial charge in [0.25, 0.3) is 0 Å². The van der Waals surface area contributed by atoms with E-state index in [1.165, 1.54) is 5.84 Å². The molecule has 1 heterocycles. The fourth-order valence-electron chi connectivity index (χ4n) is 2.22. The Balaban J connectivity index is 2.85. The fraction of sp³-hybridized carbons (Fsp3) is 0.917. The lowest BCUT2D eigenvalue weighted by Gasteiger charge is -2.34. The second-order valence-electron chi connectivity index (χ2n) is 5.51. The number of likely N-dealkylation sites (N-methyl/N-ethyl adjacent to an activating group) is 3. The van der Waals surface area contributed by atoms with Gasteiger partial charge in [-0.05, 0) is 34.1 Å². The second-order valence-corrected chi connectivity index (χ2v) is 5.51. The van der Waals surface area contributed by atoms with Gasteiger partial charge in [-0.15, -0.1) is 0 Å². The van der Waals surface area contributed by atoms with Crippen molar-refractivity contribution >= 4 is 5.84 Å². The number of aliphatic imine (C=N–C) groups is 1. The minimum Gasteiger partial charge on any atom is -0.344 e. The molecule has 1 aliphatic rings. The Bertz CT molecular complexity index is 258. The monoisotopic (exact) mass is 226 g/mol. The van der Waals surface area contributed by atoms with Crippen molar-refractivity contribution in [1.82, 2.24) is 14.7 Å². The van der Waals surface area contributed by atoms with E-state index in [-0.39, 0.29) is 6.17 Å². The van der Waals surface area contributed by atoms with Gasteiger partial charge in [-0.1, -0.05) is 13.8 Å². The van der Waals surface area contributed by atoms with Crippen LogP contribution in [0, 0.1) is 5.92 Å². The molecule has 0 aliphatic carbocycles. The minimum absolute atomic E-state index is 0.244. The molecule has 16 heavy (non-hydrogen) atoms. The van der Waals surface area contributed by atoms with Gasteiger partial charge in [0.15, 0.2) is 0 Å². The van der Waals surface area contributed by atoms with Crippen LogP contribution in [0.15, 0.2) is 4.99 Å². The van der Waals surface area contributed by atoms with Crippen LogP contribution in [0.1, 0.15) is 20.3 Å². The van der Waals surface area contributed by atoms with Crippen molar-refractivity contribution in [3.63, 3.8) is 0 Å². The van der Waals surface area contributed by atoms with Crippen molar-refractivity contribution in [2.75, 3.05) is 35.2 Å². The van der Waals surface area contributed by atoms with Crippen LogP contribution in [0.3, 0.4) is 0 Å². The van der Waals surface area contributed by atoms with Crippen molar-refractivity contribution in [3.8, 4) is 0 Å². The molecule has 1 rings (SSSR count). The Labute approximate surface area is 99.9 Å². The van der Waals surface area contributed by atoms with E-state index in [1.807, 2.05) is 0 Å². The van der Waals surface area contributed by atoms with Crippen LogP contribution in [-0.2, 0) is 0 Å². The molecular formula is C12H26N4. The molecule has 0 amide bonds. The van der Waals surface area contributed by atoms with E-state index < -0.39 is 0 Å². The summed E-state index contributed by atoms with van der Waals surface area (Å²) in [6.07, 6.45) is 1.66. The van der Waals surface area contributed by atoms with Crippen LogP contribution in [-0.4, -0.2) is 68.1 Å². The largest absolute Gasteiger partial charge is 0.344 e. The summed E-state index contributed by atoms with van der Waals surface area (Å²) in [7, 11) is 10.6. The molecule has 0 N–H and O–H groups in total. The first-order chi connectivity index (χ1) is 7.34. The molecule has 0 radical (unpaired) electrons. The van der Waals surface area contributed by atoms with Crippen molar-refractivity contribution in [1.29, 1.82) is 0 Å². The average molecular weight is 226 g/mol. The highest BCUT2D eigenvalue weighted by molar-refractivity contribution is 5.84.